The fourth-order valence-corrected chi connectivity index (χ4v) is 6.75. The lowest BCUT2D eigenvalue weighted by atomic mass is 9.61. The number of allylic oxidation sites excluding steroid dienone is 5. The van der Waals surface area contributed by atoms with Crippen LogP contribution in [0.2, 0.25) is 0 Å². The van der Waals surface area contributed by atoms with E-state index in [0.29, 0.717) is 31.6 Å². The fraction of sp³-hybridized carbons (Fsp3) is 0.778. The molecule has 4 rings (SSSR count). The highest BCUT2D eigenvalue weighted by Crippen LogP contribution is 2.67. The van der Waals surface area contributed by atoms with Gasteiger partial charge < -0.3 is 15.3 Å². The Hall–Kier alpha value is -0.900. The van der Waals surface area contributed by atoms with Crippen molar-refractivity contribution in [1.82, 2.24) is 0 Å². The summed E-state index contributed by atoms with van der Waals surface area (Å²) < 4.78 is 22.8. The van der Waals surface area contributed by atoms with Gasteiger partial charge in [0.2, 0.25) is 0 Å². The molecule has 30 heavy (non-hydrogen) atoms. The Balaban J connectivity index is 1.44. The Bertz CT molecular complexity index is 822. The topological polar surface area (TPSA) is 60.7 Å². The quantitative estimate of drug-likeness (QED) is 0.493. The van der Waals surface area contributed by atoms with E-state index in [4.69, 9.17) is 4.11 Å². The van der Waals surface area contributed by atoms with Crippen molar-refractivity contribution in [3.8, 4) is 0 Å². The van der Waals surface area contributed by atoms with E-state index >= 15 is 0 Å². The second-order valence-corrected chi connectivity index (χ2v) is 11.1. The van der Waals surface area contributed by atoms with E-state index in [2.05, 4.69) is 25.2 Å². The Kier molecular flexibility index (Phi) is 5.11. The van der Waals surface area contributed by atoms with Crippen molar-refractivity contribution in [2.75, 3.05) is 0 Å². The van der Waals surface area contributed by atoms with Crippen LogP contribution < -0.4 is 0 Å². The molecule has 0 aromatic rings. The minimum atomic E-state index is -2.34. The molecule has 3 fully saturated rings. The summed E-state index contributed by atoms with van der Waals surface area (Å²) in [7, 11) is 0. The molecule has 3 N–H and O–H groups in total. The summed E-state index contributed by atoms with van der Waals surface area (Å²) in [6, 6.07) is 0. The highest BCUT2D eigenvalue weighted by Gasteiger charge is 2.56. The van der Waals surface area contributed by atoms with Crippen molar-refractivity contribution >= 4 is 0 Å². The third-order valence-electron chi connectivity index (χ3n) is 8.37. The maximum Gasteiger partial charge on any atom is 0.0602 e. The van der Waals surface area contributed by atoms with Crippen LogP contribution in [0.4, 0.5) is 0 Å². The van der Waals surface area contributed by atoms with E-state index in [0.717, 1.165) is 31.3 Å². The summed E-state index contributed by atoms with van der Waals surface area (Å²) in [5.41, 5.74) is 2.98. The molecule has 4 aliphatic rings. The smallest absolute Gasteiger partial charge is 0.0602 e. The van der Waals surface area contributed by atoms with Gasteiger partial charge >= 0.3 is 0 Å². The van der Waals surface area contributed by atoms with Crippen LogP contribution in [-0.4, -0.2) is 33.1 Å². The SMILES string of the molecule is [2H]C([2H])([2H])C(C)(O)CCCC1(C2=CCC3/C(=C/C=C4/CC(O)C[C@H](O)C4)CCC[C@]23C)CC1. The second-order valence-electron chi connectivity index (χ2n) is 11.1. The summed E-state index contributed by atoms with van der Waals surface area (Å²) in [5.74, 6) is 0.513. The van der Waals surface area contributed by atoms with Crippen molar-refractivity contribution in [3.05, 3.63) is 34.9 Å². The van der Waals surface area contributed by atoms with Gasteiger partial charge in [-0.15, -0.1) is 0 Å². The van der Waals surface area contributed by atoms with Gasteiger partial charge in [-0.2, -0.15) is 0 Å². The average Bonchev–Trinajstić information content (AvgIpc) is 3.37. The third-order valence-corrected chi connectivity index (χ3v) is 8.37. The number of aliphatic hydroxyl groups is 3. The van der Waals surface area contributed by atoms with E-state index in [9.17, 15) is 15.3 Å². The Morgan fingerprint density at radius 3 is 2.60 bits per heavy atom. The number of rotatable bonds is 6. The predicted octanol–water partition coefficient (Wildman–Crippen LogP) is 5.60. The van der Waals surface area contributed by atoms with Gasteiger partial charge in [0, 0.05) is 4.11 Å². The minimum Gasteiger partial charge on any atom is -0.393 e. The first kappa shape index (κ1) is 18.7. The van der Waals surface area contributed by atoms with Crippen LogP contribution in [0.5, 0.6) is 0 Å². The van der Waals surface area contributed by atoms with Crippen molar-refractivity contribution in [2.45, 2.75) is 116 Å². The van der Waals surface area contributed by atoms with E-state index in [1.807, 2.05) is 0 Å². The zero-order valence-corrected chi connectivity index (χ0v) is 18.8. The van der Waals surface area contributed by atoms with Crippen molar-refractivity contribution in [1.29, 1.82) is 0 Å². The molecule has 0 aliphatic heterocycles. The van der Waals surface area contributed by atoms with Crippen LogP contribution >= 0.6 is 0 Å². The molecule has 0 bridgehead atoms. The van der Waals surface area contributed by atoms with Gasteiger partial charge in [-0.25, -0.2) is 0 Å². The number of aliphatic hydroxyl groups excluding tert-OH is 2. The first-order valence-corrected chi connectivity index (χ1v) is 12.0. The standard InChI is InChI=1S/C27H42O3/c1-25(2,30)11-5-13-27(14-15-27)24-10-9-23-20(6-4-12-26(23,24)3)8-7-19-16-21(28)18-22(29)17-19/h7-8,10,21-23,28-30H,4-6,9,11-18H2,1-3H3/b19-7-,20-8+/t21?,22-,23?,26+/m1/s1/i1D3/t21?,22-,23?,25?,26+. The summed E-state index contributed by atoms with van der Waals surface area (Å²) in [6.45, 7) is 1.54. The molecule has 168 valence electrons. The molecule has 3 nitrogen and oxygen atoms in total. The molecule has 0 aromatic heterocycles. The van der Waals surface area contributed by atoms with Crippen LogP contribution in [0, 0.1) is 16.7 Å². The highest BCUT2D eigenvalue weighted by atomic mass is 16.3. The van der Waals surface area contributed by atoms with Gasteiger partial charge in [-0.05, 0) is 108 Å². The molecule has 3 saturated carbocycles. The maximum absolute atomic E-state index is 10.4. The fourth-order valence-electron chi connectivity index (χ4n) is 6.75. The average molecular weight is 418 g/mol. The molecular weight excluding hydrogens is 372 g/mol. The Morgan fingerprint density at radius 1 is 1.20 bits per heavy atom. The monoisotopic (exact) mass is 417 g/mol. The lowest BCUT2D eigenvalue weighted by Gasteiger charge is -2.43. The third kappa shape index (κ3) is 4.64. The van der Waals surface area contributed by atoms with E-state index in [1.54, 1.807) is 5.57 Å². The van der Waals surface area contributed by atoms with E-state index in [1.165, 1.54) is 38.2 Å². The van der Waals surface area contributed by atoms with Crippen LogP contribution in [-0.2, 0) is 0 Å². The van der Waals surface area contributed by atoms with Crippen LogP contribution in [0.3, 0.4) is 0 Å². The lowest BCUT2D eigenvalue weighted by molar-refractivity contribution is 0.0608. The zero-order valence-electron chi connectivity index (χ0n) is 21.8. The predicted molar refractivity (Wildman–Crippen MR) is 122 cm³/mol. The van der Waals surface area contributed by atoms with Crippen LogP contribution in [0.25, 0.3) is 0 Å². The van der Waals surface area contributed by atoms with Gasteiger partial charge in [-0.1, -0.05) is 41.9 Å². The lowest BCUT2D eigenvalue weighted by Crippen LogP contribution is -2.33. The largest absolute Gasteiger partial charge is 0.393 e. The van der Waals surface area contributed by atoms with Crippen LogP contribution in [0.1, 0.15) is 102 Å². The molecule has 3 heteroatoms. The number of hydrogen-bond acceptors (Lipinski definition) is 3. The van der Waals surface area contributed by atoms with Gasteiger partial charge in [-0.3, -0.25) is 0 Å². The molecule has 0 saturated heterocycles. The molecule has 0 radical (unpaired) electrons. The molecular formula is C27H42O3. The molecule has 0 aromatic carbocycles. The summed E-state index contributed by atoms with van der Waals surface area (Å²) >= 11 is 0. The van der Waals surface area contributed by atoms with Crippen LogP contribution in [0.15, 0.2) is 34.9 Å². The molecule has 0 heterocycles. The summed E-state index contributed by atoms with van der Waals surface area (Å²) in [5, 5.41) is 30.4. The van der Waals surface area contributed by atoms with Gasteiger partial charge in [0.1, 0.15) is 0 Å². The zero-order chi connectivity index (χ0) is 24.1. The highest BCUT2D eigenvalue weighted by molar-refractivity contribution is 5.39. The Labute approximate surface area is 187 Å². The summed E-state index contributed by atoms with van der Waals surface area (Å²) in [6.07, 6.45) is 16.8. The van der Waals surface area contributed by atoms with Crippen molar-refractivity contribution in [3.63, 3.8) is 0 Å². The molecule has 3 unspecified atom stereocenters. The first-order valence-electron chi connectivity index (χ1n) is 13.5. The van der Waals surface area contributed by atoms with Gasteiger partial charge in [0.15, 0.2) is 0 Å². The summed E-state index contributed by atoms with van der Waals surface area (Å²) in [4.78, 5) is 0. The number of hydrogen-bond donors (Lipinski definition) is 3. The van der Waals surface area contributed by atoms with E-state index in [-0.39, 0.29) is 10.8 Å². The minimum absolute atomic E-state index is 0.164. The molecule has 5 atom stereocenters. The number of fused-ring (bicyclic) bond motifs is 1. The van der Waals surface area contributed by atoms with Gasteiger partial charge in [0.25, 0.3) is 0 Å². The van der Waals surface area contributed by atoms with Crippen molar-refractivity contribution < 1.29 is 19.4 Å². The van der Waals surface area contributed by atoms with Gasteiger partial charge in [0.05, 0.1) is 17.8 Å². The molecule has 4 aliphatic carbocycles. The Morgan fingerprint density at radius 2 is 1.93 bits per heavy atom. The molecule has 0 amide bonds. The van der Waals surface area contributed by atoms with E-state index < -0.39 is 24.7 Å². The first-order chi connectivity index (χ1) is 15.4. The normalized spacial score (nSPS) is 42.1. The maximum atomic E-state index is 10.4. The second kappa shape index (κ2) is 8.22. The molecule has 0 spiro atoms. The van der Waals surface area contributed by atoms with Crippen molar-refractivity contribution in [2.24, 2.45) is 16.7 Å².